The number of aliphatic hydroxyl groups is 1. The summed E-state index contributed by atoms with van der Waals surface area (Å²) in [6, 6.07) is 11.3. The van der Waals surface area contributed by atoms with Gasteiger partial charge < -0.3 is 10.4 Å². The molecule has 0 bridgehead atoms. The average molecular weight is 286 g/mol. The van der Waals surface area contributed by atoms with Gasteiger partial charge in [-0.2, -0.15) is 0 Å². The predicted molar refractivity (Wildman–Crippen MR) is 78.2 cm³/mol. The topological polar surface area (TPSA) is 92.5 Å². The molecule has 0 heterocycles. The van der Waals surface area contributed by atoms with Crippen LogP contribution in [0.15, 0.2) is 42.5 Å². The number of hydrogen-bond donors (Lipinski definition) is 2. The van der Waals surface area contributed by atoms with Gasteiger partial charge in [-0.25, -0.2) is 0 Å². The Balaban J connectivity index is 2.32. The van der Waals surface area contributed by atoms with Crippen molar-refractivity contribution in [1.82, 2.24) is 0 Å². The molecule has 0 saturated carbocycles. The second kappa shape index (κ2) is 6.15. The van der Waals surface area contributed by atoms with Crippen LogP contribution in [0.25, 0.3) is 0 Å². The molecule has 2 aromatic carbocycles. The lowest BCUT2D eigenvalue weighted by molar-refractivity contribution is -0.385. The summed E-state index contributed by atoms with van der Waals surface area (Å²) in [6.07, 6.45) is 0. The third-order valence-electron chi connectivity index (χ3n) is 3.03. The van der Waals surface area contributed by atoms with Crippen LogP contribution in [0.4, 0.5) is 11.4 Å². The van der Waals surface area contributed by atoms with Crippen LogP contribution in [-0.4, -0.2) is 15.9 Å². The number of carbonyl (C=O) groups is 1. The van der Waals surface area contributed by atoms with E-state index in [4.69, 9.17) is 5.11 Å². The zero-order valence-corrected chi connectivity index (χ0v) is 11.4. The second-order valence-corrected chi connectivity index (χ2v) is 4.54. The SMILES string of the molecule is Cc1cccc(C(=O)Nc2cccc(CO)c2)c1[N+](=O)[O-]. The van der Waals surface area contributed by atoms with E-state index >= 15 is 0 Å². The molecule has 0 unspecified atom stereocenters. The molecular weight excluding hydrogens is 272 g/mol. The third-order valence-corrected chi connectivity index (χ3v) is 3.03. The van der Waals surface area contributed by atoms with Crippen LogP contribution in [-0.2, 0) is 6.61 Å². The number of nitro benzene ring substituents is 1. The highest BCUT2D eigenvalue weighted by atomic mass is 16.6. The molecule has 0 radical (unpaired) electrons. The minimum atomic E-state index is -0.561. The van der Waals surface area contributed by atoms with Crippen LogP contribution < -0.4 is 5.32 Å². The Morgan fingerprint density at radius 3 is 2.67 bits per heavy atom. The van der Waals surface area contributed by atoms with E-state index in [-0.39, 0.29) is 17.9 Å². The average Bonchev–Trinajstić information content (AvgIpc) is 2.46. The van der Waals surface area contributed by atoms with E-state index < -0.39 is 10.8 Å². The number of carbonyl (C=O) groups excluding carboxylic acids is 1. The van der Waals surface area contributed by atoms with E-state index in [9.17, 15) is 14.9 Å². The van der Waals surface area contributed by atoms with Gasteiger partial charge in [-0.05, 0) is 30.7 Å². The number of aliphatic hydroxyl groups excluding tert-OH is 1. The smallest absolute Gasteiger partial charge is 0.285 e. The zero-order valence-electron chi connectivity index (χ0n) is 11.4. The Labute approximate surface area is 121 Å². The molecule has 0 aliphatic rings. The number of nitro groups is 1. The molecule has 6 nitrogen and oxygen atoms in total. The summed E-state index contributed by atoms with van der Waals surface area (Å²) in [5.41, 5.74) is 1.35. The fraction of sp³-hybridized carbons (Fsp3) is 0.133. The summed E-state index contributed by atoms with van der Waals surface area (Å²) in [6.45, 7) is 1.44. The maximum atomic E-state index is 12.2. The van der Waals surface area contributed by atoms with Gasteiger partial charge in [0.25, 0.3) is 11.6 Å². The van der Waals surface area contributed by atoms with Crippen molar-refractivity contribution in [1.29, 1.82) is 0 Å². The van der Waals surface area contributed by atoms with Crippen molar-refractivity contribution in [3.05, 3.63) is 69.3 Å². The molecule has 6 heteroatoms. The summed E-state index contributed by atoms with van der Waals surface area (Å²) in [5.74, 6) is -0.555. The lowest BCUT2D eigenvalue weighted by Gasteiger charge is -2.08. The third kappa shape index (κ3) is 3.24. The molecule has 0 aromatic heterocycles. The maximum Gasteiger partial charge on any atom is 0.285 e. The predicted octanol–water partition coefficient (Wildman–Crippen LogP) is 2.65. The minimum Gasteiger partial charge on any atom is -0.392 e. The first-order valence-electron chi connectivity index (χ1n) is 6.28. The minimum absolute atomic E-state index is 0.00871. The fourth-order valence-electron chi connectivity index (χ4n) is 2.03. The van der Waals surface area contributed by atoms with Crippen LogP contribution in [0.3, 0.4) is 0 Å². The Hall–Kier alpha value is -2.73. The molecule has 0 spiro atoms. The van der Waals surface area contributed by atoms with Crippen molar-refractivity contribution < 1.29 is 14.8 Å². The summed E-state index contributed by atoms with van der Waals surface area (Å²) in [5, 5.41) is 22.8. The van der Waals surface area contributed by atoms with Crippen LogP contribution in [0, 0.1) is 17.0 Å². The van der Waals surface area contributed by atoms with E-state index in [2.05, 4.69) is 5.32 Å². The number of amides is 1. The lowest BCUT2D eigenvalue weighted by Crippen LogP contribution is -2.14. The Kier molecular flexibility index (Phi) is 4.30. The number of anilines is 1. The first-order valence-corrected chi connectivity index (χ1v) is 6.28. The van der Waals surface area contributed by atoms with E-state index in [1.165, 1.54) is 6.07 Å². The van der Waals surface area contributed by atoms with Gasteiger partial charge in [-0.1, -0.05) is 24.3 Å². The molecule has 0 atom stereocenters. The summed E-state index contributed by atoms with van der Waals surface area (Å²) < 4.78 is 0. The number of aryl methyl sites for hydroxylation is 1. The number of rotatable bonds is 4. The summed E-state index contributed by atoms with van der Waals surface area (Å²) in [4.78, 5) is 22.7. The Morgan fingerprint density at radius 1 is 1.29 bits per heavy atom. The molecule has 108 valence electrons. The summed E-state index contributed by atoms with van der Waals surface area (Å²) in [7, 11) is 0. The van der Waals surface area contributed by atoms with Gasteiger partial charge in [0.2, 0.25) is 0 Å². The number of nitrogens with one attached hydrogen (secondary N) is 1. The number of hydrogen-bond acceptors (Lipinski definition) is 4. The van der Waals surface area contributed by atoms with Crippen molar-refractivity contribution in [3.8, 4) is 0 Å². The normalized spacial score (nSPS) is 10.2. The molecule has 21 heavy (non-hydrogen) atoms. The van der Waals surface area contributed by atoms with Crippen molar-refractivity contribution in [2.75, 3.05) is 5.32 Å². The first kappa shape index (κ1) is 14.7. The molecule has 0 aliphatic heterocycles. The summed E-state index contributed by atoms with van der Waals surface area (Å²) >= 11 is 0. The van der Waals surface area contributed by atoms with Gasteiger partial charge in [0.1, 0.15) is 5.56 Å². The Morgan fingerprint density at radius 2 is 2.00 bits per heavy atom. The highest BCUT2D eigenvalue weighted by molar-refractivity contribution is 6.07. The van der Waals surface area contributed by atoms with Crippen molar-refractivity contribution in [2.24, 2.45) is 0 Å². The molecule has 2 aromatic rings. The monoisotopic (exact) mass is 286 g/mol. The standard InChI is InChI=1S/C15H14N2O4/c1-10-4-2-7-13(14(10)17(20)21)15(19)16-12-6-3-5-11(8-12)9-18/h2-8,18H,9H2,1H3,(H,16,19). The number of benzene rings is 2. The molecule has 2 N–H and O–H groups in total. The van der Waals surface area contributed by atoms with Crippen LogP contribution >= 0.6 is 0 Å². The van der Waals surface area contributed by atoms with Crippen molar-refractivity contribution >= 4 is 17.3 Å². The van der Waals surface area contributed by atoms with Gasteiger partial charge in [0.15, 0.2) is 0 Å². The van der Waals surface area contributed by atoms with Gasteiger partial charge in [-0.3, -0.25) is 14.9 Å². The number of nitrogens with zero attached hydrogens (tertiary/aromatic N) is 1. The lowest BCUT2D eigenvalue weighted by atomic mass is 10.1. The number of para-hydroxylation sites is 1. The van der Waals surface area contributed by atoms with Gasteiger partial charge in [0, 0.05) is 11.3 Å². The van der Waals surface area contributed by atoms with Crippen LogP contribution in [0.5, 0.6) is 0 Å². The van der Waals surface area contributed by atoms with Crippen molar-refractivity contribution in [3.63, 3.8) is 0 Å². The van der Waals surface area contributed by atoms with E-state index in [0.29, 0.717) is 16.8 Å². The molecule has 1 amide bonds. The molecule has 0 fully saturated rings. The van der Waals surface area contributed by atoms with Crippen molar-refractivity contribution in [2.45, 2.75) is 13.5 Å². The first-order chi connectivity index (χ1) is 10.0. The zero-order chi connectivity index (χ0) is 15.4. The van der Waals surface area contributed by atoms with Crippen LogP contribution in [0.1, 0.15) is 21.5 Å². The molecule has 0 aliphatic carbocycles. The second-order valence-electron chi connectivity index (χ2n) is 4.54. The highest BCUT2D eigenvalue weighted by Crippen LogP contribution is 2.24. The van der Waals surface area contributed by atoms with E-state index in [1.54, 1.807) is 43.3 Å². The van der Waals surface area contributed by atoms with Gasteiger partial charge in [0.05, 0.1) is 11.5 Å². The molecular formula is C15H14N2O4. The van der Waals surface area contributed by atoms with Gasteiger partial charge >= 0.3 is 0 Å². The molecule has 2 rings (SSSR count). The molecule has 0 saturated heterocycles. The quantitative estimate of drug-likeness (QED) is 0.667. The van der Waals surface area contributed by atoms with E-state index in [1.807, 2.05) is 0 Å². The maximum absolute atomic E-state index is 12.2. The highest BCUT2D eigenvalue weighted by Gasteiger charge is 2.22. The largest absolute Gasteiger partial charge is 0.392 e. The Bertz CT molecular complexity index is 698. The fourth-order valence-corrected chi connectivity index (χ4v) is 2.03. The van der Waals surface area contributed by atoms with E-state index in [0.717, 1.165) is 0 Å². The van der Waals surface area contributed by atoms with Crippen LogP contribution in [0.2, 0.25) is 0 Å². The van der Waals surface area contributed by atoms with Gasteiger partial charge in [-0.15, -0.1) is 0 Å².